The van der Waals surface area contributed by atoms with Crippen LogP contribution >= 0.6 is 22.9 Å². The van der Waals surface area contributed by atoms with E-state index in [1.807, 2.05) is 18.2 Å². The Labute approximate surface area is 192 Å². The maximum atomic E-state index is 12.4. The van der Waals surface area contributed by atoms with Crippen LogP contribution in [0.4, 0.5) is 5.69 Å². The molecule has 0 saturated heterocycles. The van der Waals surface area contributed by atoms with Crippen LogP contribution < -0.4 is 5.32 Å². The Hall–Kier alpha value is -3.75. The first-order valence-electron chi connectivity index (χ1n) is 9.40. The third-order valence-corrected chi connectivity index (χ3v) is 5.70. The number of hydrogen-bond donors (Lipinski definition) is 1. The number of amides is 1. The highest BCUT2D eigenvalue weighted by molar-refractivity contribution is 7.15. The summed E-state index contributed by atoms with van der Waals surface area (Å²) in [5.74, 6) is 0.114. The van der Waals surface area contributed by atoms with Gasteiger partial charge >= 0.3 is 5.97 Å². The minimum atomic E-state index is -0.456. The van der Waals surface area contributed by atoms with Gasteiger partial charge in [-0.25, -0.2) is 4.79 Å². The number of esters is 1. The largest absolute Gasteiger partial charge is 0.465 e. The summed E-state index contributed by atoms with van der Waals surface area (Å²) >= 11 is 7.44. The lowest BCUT2D eigenvalue weighted by atomic mass is 10.1. The van der Waals surface area contributed by atoms with Crippen molar-refractivity contribution >= 4 is 51.6 Å². The monoisotopic (exact) mass is 465 g/mol. The molecule has 0 bridgehead atoms. The van der Waals surface area contributed by atoms with Gasteiger partial charge in [0.15, 0.2) is 5.01 Å². The van der Waals surface area contributed by atoms with Gasteiger partial charge in [0.1, 0.15) is 11.5 Å². The van der Waals surface area contributed by atoms with E-state index >= 15 is 0 Å². The highest BCUT2D eigenvalue weighted by Crippen LogP contribution is 2.30. The summed E-state index contributed by atoms with van der Waals surface area (Å²) < 4.78 is 10.7. The number of nitrogens with one attached hydrogen (secondary N) is 1. The topological polar surface area (TPSA) is 94.3 Å². The minimum Gasteiger partial charge on any atom is -0.465 e. The highest BCUT2D eigenvalue weighted by atomic mass is 35.5. The summed E-state index contributed by atoms with van der Waals surface area (Å²) in [5, 5.41) is 11.5. The van der Waals surface area contributed by atoms with Crippen molar-refractivity contribution in [1.82, 2.24) is 10.2 Å². The molecule has 160 valence electrons. The molecule has 32 heavy (non-hydrogen) atoms. The molecular weight excluding hydrogens is 450 g/mol. The van der Waals surface area contributed by atoms with Gasteiger partial charge in [-0.3, -0.25) is 4.79 Å². The third-order valence-electron chi connectivity index (χ3n) is 4.35. The maximum absolute atomic E-state index is 12.4. The fourth-order valence-corrected chi connectivity index (χ4v) is 3.77. The predicted molar refractivity (Wildman–Crippen MR) is 124 cm³/mol. The van der Waals surface area contributed by atoms with Crippen molar-refractivity contribution < 1.29 is 18.7 Å². The number of para-hydroxylation sites is 1. The van der Waals surface area contributed by atoms with Gasteiger partial charge in [-0.05, 0) is 30.3 Å². The number of anilines is 1. The molecule has 0 atom stereocenters. The minimum absolute atomic E-state index is 0.183. The summed E-state index contributed by atoms with van der Waals surface area (Å²) in [4.78, 5) is 24.4. The SMILES string of the molecule is COC(=O)c1ccccc1-c1ccc(/C=C(\Cl)c2nnc(C(=O)Nc3ccccc3)s2)o1. The molecule has 2 aromatic carbocycles. The normalized spacial score (nSPS) is 11.2. The second kappa shape index (κ2) is 9.59. The summed E-state index contributed by atoms with van der Waals surface area (Å²) in [5.41, 5.74) is 1.65. The number of ether oxygens (including phenoxy) is 1. The molecule has 0 fully saturated rings. The van der Waals surface area contributed by atoms with Gasteiger partial charge in [-0.1, -0.05) is 59.3 Å². The Bertz CT molecular complexity index is 1300. The molecule has 2 aromatic heterocycles. The molecule has 0 saturated carbocycles. The van der Waals surface area contributed by atoms with Crippen LogP contribution in [-0.2, 0) is 4.74 Å². The summed E-state index contributed by atoms with van der Waals surface area (Å²) in [6.07, 6.45) is 1.57. The first-order valence-corrected chi connectivity index (χ1v) is 10.6. The molecular formula is C23H16ClN3O4S. The lowest BCUT2D eigenvalue weighted by molar-refractivity contribution is 0.0601. The van der Waals surface area contributed by atoms with E-state index in [1.54, 1.807) is 54.6 Å². The molecule has 9 heteroatoms. The van der Waals surface area contributed by atoms with Crippen LogP contribution in [0.25, 0.3) is 22.4 Å². The standard InChI is InChI=1S/C23H16ClN3O4S/c1-30-23(29)17-10-6-5-9-16(17)19-12-11-15(31-19)13-18(24)21-26-27-22(32-21)20(28)25-14-7-3-2-4-8-14/h2-13H,1H3,(H,25,28)/b18-13-. The number of carbonyl (C=O) groups is 2. The molecule has 2 heterocycles. The molecule has 7 nitrogen and oxygen atoms in total. The van der Waals surface area contributed by atoms with Crippen molar-refractivity contribution in [2.75, 3.05) is 12.4 Å². The van der Waals surface area contributed by atoms with Gasteiger partial charge < -0.3 is 14.5 Å². The predicted octanol–water partition coefficient (Wildman–Crippen LogP) is 5.57. The Balaban J connectivity index is 1.52. The molecule has 0 unspecified atom stereocenters. The van der Waals surface area contributed by atoms with Crippen LogP contribution in [0.1, 0.15) is 30.9 Å². The smallest absolute Gasteiger partial charge is 0.338 e. The highest BCUT2D eigenvalue weighted by Gasteiger charge is 2.17. The molecule has 0 aliphatic rings. The zero-order valence-corrected chi connectivity index (χ0v) is 18.3. The van der Waals surface area contributed by atoms with Crippen LogP contribution in [0.5, 0.6) is 0 Å². The van der Waals surface area contributed by atoms with Gasteiger partial charge in [-0.15, -0.1) is 10.2 Å². The van der Waals surface area contributed by atoms with Crippen LogP contribution in [0.3, 0.4) is 0 Å². The number of aromatic nitrogens is 2. The molecule has 1 N–H and O–H groups in total. The van der Waals surface area contributed by atoms with Gasteiger partial charge in [0.05, 0.1) is 17.7 Å². The molecule has 0 radical (unpaired) electrons. The number of rotatable bonds is 6. The summed E-state index contributed by atoms with van der Waals surface area (Å²) in [6, 6.07) is 19.5. The molecule has 1 amide bonds. The number of methoxy groups -OCH3 is 1. The van der Waals surface area contributed by atoms with Gasteiger partial charge in [0.2, 0.25) is 5.01 Å². The van der Waals surface area contributed by atoms with Gasteiger partial charge in [0, 0.05) is 17.3 Å². The number of carbonyl (C=O) groups excluding carboxylic acids is 2. The van der Waals surface area contributed by atoms with Crippen LogP contribution in [0.2, 0.25) is 0 Å². The zero-order valence-electron chi connectivity index (χ0n) is 16.7. The first-order chi connectivity index (χ1) is 15.5. The number of benzene rings is 2. The molecule has 0 aliphatic heterocycles. The Morgan fingerprint density at radius 1 is 1.00 bits per heavy atom. The average Bonchev–Trinajstić information content (AvgIpc) is 3.49. The molecule has 0 spiro atoms. The number of halogens is 1. The van der Waals surface area contributed by atoms with E-state index in [-0.39, 0.29) is 15.9 Å². The second-order valence-electron chi connectivity index (χ2n) is 6.46. The van der Waals surface area contributed by atoms with E-state index < -0.39 is 5.97 Å². The van der Waals surface area contributed by atoms with Gasteiger partial charge in [-0.2, -0.15) is 0 Å². The van der Waals surface area contributed by atoms with E-state index in [0.29, 0.717) is 33.3 Å². The second-order valence-corrected chi connectivity index (χ2v) is 7.85. The van der Waals surface area contributed by atoms with E-state index in [1.165, 1.54) is 7.11 Å². The number of nitrogens with zero attached hydrogens (tertiary/aromatic N) is 2. The molecule has 4 rings (SSSR count). The zero-order chi connectivity index (χ0) is 22.5. The van der Waals surface area contributed by atoms with Crippen molar-refractivity contribution in [3.05, 3.63) is 88.1 Å². The van der Waals surface area contributed by atoms with E-state index in [9.17, 15) is 9.59 Å². The van der Waals surface area contributed by atoms with Crippen molar-refractivity contribution in [1.29, 1.82) is 0 Å². The van der Waals surface area contributed by atoms with Crippen LogP contribution in [-0.4, -0.2) is 29.2 Å². The fourth-order valence-electron chi connectivity index (χ4n) is 2.87. The van der Waals surface area contributed by atoms with Gasteiger partial charge in [0.25, 0.3) is 5.91 Å². The summed E-state index contributed by atoms with van der Waals surface area (Å²) in [7, 11) is 1.33. The lowest BCUT2D eigenvalue weighted by Gasteiger charge is -2.04. The molecule has 0 aliphatic carbocycles. The van der Waals surface area contributed by atoms with E-state index in [2.05, 4.69) is 15.5 Å². The average molecular weight is 466 g/mol. The van der Waals surface area contributed by atoms with Crippen LogP contribution in [0, 0.1) is 0 Å². The Morgan fingerprint density at radius 2 is 1.72 bits per heavy atom. The third kappa shape index (κ3) is 4.77. The van der Waals surface area contributed by atoms with Crippen molar-refractivity contribution in [2.45, 2.75) is 0 Å². The Morgan fingerprint density at radius 3 is 2.50 bits per heavy atom. The Kier molecular flexibility index (Phi) is 6.44. The van der Waals surface area contributed by atoms with Crippen molar-refractivity contribution in [2.24, 2.45) is 0 Å². The maximum Gasteiger partial charge on any atom is 0.338 e. The first kappa shape index (κ1) is 21.5. The van der Waals surface area contributed by atoms with E-state index in [4.69, 9.17) is 20.8 Å². The fraction of sp³-hybridized carbons (Fsp3) is 0.0435. The van der Waals surface area contributed by atoms with E-state index in [0.717, 1.165) is 11.3 Å². The van der Waals surface area contributed by atoms with Crippen LogP contribution in [0.15, 0.2) is 71.1 Å². The number of hydrogen-bond acceptors (Lipinski definition) is 7. The lowest BCUT2D eigenvalue weighted by Crippen LogP contribution is -2.11. The quantitative estimate of drug-likeness (QED) is 0.374. The van der Waals surface area contributed by atoms with Crippen molar-refractivity contribution in [3.8, 4) is 11.3 Å². The summed E-state index contributed by atoms with van der Waals surface area (Å²) in [6.45, 7) is 0. The molecule has 4 aromatic rings. The number of furan rings is 1. The van der Waals surface area contributed by atoms with Crippen molar-refractivity contribution in [3.63, 3.8) is 0 Å².